The van der Waals surface area contributed by atoms with Crippen LogP contribution in [0.3, 0.4) is 0 Å². The average molecular weight is 1510 g/mol. The number of nitrogens with one attached hydrogen (secondary N) is 1. The van der Waals surface area contributed by atoms with Crippen LogP contribution in [0.5, 0.6) is 0 Å². The molecule has 3 heterocycles. The number of rotatable bonds is 17. The first-order valence-electron chi connectivity index (χ1n) is 31.7. The average Bonchev–Trinajstić information content (AvgIpc) is 1.66. The van der Waals surface area contributed by atoms with Gasteiger partial charge >= 0.3 is 30.3 Å². The maximum Gasteiger partial charge on any atom is 0.537 e. The summed E-state index contributed by atoms with van der Waals surface area (Å²) in [5.41, 5.74) is 4.72. The second kappa shape index (κ2) is 42.0. The van der Waals surface area contributed by atoms with Crippen LogP contribution >= 0.6 is 89.7 Å². The van der Waals surface area contributed by atoms with Crippen LogP contribution in [0.4, 0.5) is 0 Å². The van der Waals surface area contributed by atoms with E-state index in [4.69, 9.17) is 121 Å². The monoisotopic (exact) mass is 1510 g/mol. The Bertz CT molecular complexity index is 2350. The normalized spacial score (nSPS) is 25.2. The van der Waals surface area contributed by atoms with Crippen LogP contribution in [0.2, 0.25) is 0 Å². The lowest BCUT2D eigenvalue weighted by atomic mass is 9.99. The fourth-order valence-electron chi connectivity index (χ4n) is 8.71. The molecule has 528 valence electrons. The summed E-state index contributed by atoms with van der Waals surface area (Å²) in [6.07, 6.45) is -3.34. The number of hydrogen-bond donors (Lipinski definition) is 2. The summed E-state index contributed by atoms with van der Waals surface area (Å²) in [6.45, 7) is 46.1. The Balaban J connectivity index is 0.000000565. The third kappa shape index (κ3) is 33.6. The van der Waals surface area contributed by atoms with Gasteiger partial charge in [0.2, 0.25) is 0 Å². The van der Waals surface area contributed by atoms with Gasteiger partial charge in [-0.05, 0) is 119 Å². The van der Waals surface area contributed by atoms with Crippen molar-refractivity contribution < 1.29 is 36.1 Å². The third-order valence-corrected chi connectivity index (χ3v) is 27.3. The number of benzene rings is 4. The number of aliphatic hydroxyl groups is 1. The number of likely N-dealkylation sites (N-methyl/N-ethyl adjacent to an activating group) is 4. The number of aliphatic hydroxyl groups excluding tert-OH is 1. The minimum absolute atomic E-state index is 0.0228. The Kier molecular flexibility index (Phi) is 40.8. The third-order valence-electron chi connectivity index (χ3n) is 14.7. The molecular weight excluding hydrogens is 1400 g/mol. The molecule has 3 aliphatic rings. The van der Waals surface area contributed by atoms with Gasteiger partial charge in [0.25, 0.3) is 0 Å². The fourth-order valence-corrected chi connectivity index (χ4v) is 19.5. The molecule has 0 saturated carbocycles. The van der Waals surface area contributed by atoms with Gasteiger partial charge in [-0.15, -0.1) is 23.2 Å². The topological polar surface area (TPSA) is 110 Å². The van der Waals surface area contributed by atoms with Gasteiger partial charge in [-0.1, -0.05) is 292 Å². The van der Waals surface area contributed by atoms with E-state index in [1.54, 1.807) is 0 Å². The van der Waals surface area contributed by atoms with E-state index in [1.165, 1.54) is 19.6 Å². The highest BCUT2D eigenvalue weighted by Gasteiger charge is 2.58. The molecule has 13 nitrogen and oxygen atoms in total. The van der Waals surface area contributed by atoms with Gasteiger partial charge in [0.15, 0.2) is 0 Å². The van der Waals surface area contributed by atoms with Gasteiger partial charge in [-0.3, -0.25) is 13.7 Å². The number of hydrogen-bond acceptors (Lipinski definition) is 13. The van der Waals surface area contributed by atoms with E-state index in [-0.39, 0.29) is 69.5 Å². The summed E-state index contributed by atoms with van der Waals surface area (Å²) in [5, 5.41) is 12.9. The maximum atomic E-state index is 9.73. The van der Waals surface area contributed by atoms with Gasteiger partial charge in [0, 0.05) is 50.6 Å². The Labute approximate surface area is 600 Å². The van der Waals surface area contributed by atoms with Crippen molar-refractivity contribution in [1.29, 1.82) is 0 Å². The van der Waals surface area contributed by atoms with Crippen LogP contribution in [-0.2, 0) is 31.0 Å². The zero-order chi connectivity index (χ0) is 70.7. The number of alkyl halides is 2. The lowest BCUT2D eigenvalue weighted by Crippen LogP contribution is -2.49. The Morgan fingerprint density at radius 2 is 0.739 bits per heavy atom. The molecule has 7 rings (SSSR count). The largest absolute Gasteiger partial charge is 0.537 e. The molecule has 0 bridgehead atoms. The van der Waals surface area contributed by atoms with Crippen LogP contribution < -0.4 is 5.32 Å². The summed E-state index contributed by atoms with van der Waals surface area (Å²) in [5.74, 6) is 0. The first kappa shape index (κ1) is 89.6. The van der Waals surface area contributed by atoms with Gasteiger partial charge in [-0.2, -0.15) is 0 Å². The molecule has 3 aliphatic heterocycles. The van der Waals surface area contributed by atoms with E-state index in [0.29, 0.717) is 26.4 Å². The van der Waals surface area contributed by atoms with Gasteiger partial charge < -0.3 is 46.3 Å². The zero-order valence-corrected chi connectivity index (χ0v) is 69.5. The van der Waals surface area contributed by atoms with Crippen molar-refractivity contribution in [2.75, 3.05) is 79.6 Å². The summed E-state index contributed by atoms with van der Waals surface area (Å²) < 4.78 is 47.8. The molecule has 1 unspecified atom stereocenters. The minimum atomic E-state index is -2.85. The lowest BCUT2D eigenvalue weighted by Gasteiger charge is -2.29. The number of nitrogens with zero attached hydrogens (tertiary/aromatic N) is 4. The molecule has 11 atom stereocenters. The van der Waals surface area contributed by atoms with E-state index in [1.807, 2.05) is 141 Å². The molecule has 0 aromatic heterocycles. The molecule has 0 radical (unpaired) electrons. The van der Waals surface area contributed by atoms with Crippen molar-refractivity contribution in [3.05, 3.63) is 144 Å². The predicted octanol–water partition coefficient (Wildman–Crippen LogP) is 18.7. The Hall–Kier alpha value is -0.452. The second-order valence-corrected chi connectivity index (χ2v) is 47.4. The standard InChI is InChI=1S/3C15H24ClNO2Si.C10H15NO.C6H15N.C5H11Cl3OSi.CH2Cl2/c3*1-12-14(13-9-7-6-8-10-13)19-20(16,17(12)5)18-11-15(2,3)4;1-8(11-2)10(12)9-6-4-3-5-7-9;1-4-7(5-2)6-3;1-5(2,3)4-9-10(6,7)8;2-1-3/h3*6-10,12,14H,11H2,1-5H3;3-8,10-12H,1-2H3;4-6H2,1-3H3;4H2,1-3H3;1H2/t12-,14+,20?;12-,14+,20+;12-,14+,20-;8-,10+;;;/m0000.../s1. The molecular formula is C67H115Cl8N5O8Si4. The molecule has 0 amide bonds. The zero-order valence-electron chi connectivity index (χ0n) is 59.4. The summed E-state index contributed by atoms with van der Waals surface area (Å²) >= 11 is 46.0. The lowest BCUT2D eigenvalue weighted by molar-refractivity contribution is 0.117. The molecule has 3 saturated heterocycles. The van der Waals surface area contributed by atoms with E-state index in [2.05, 4.69) is 164 Å². The minimum Gasteiger partial charge on any atom is -0.387 e. The summed E-state index contributed by atoms with van der Waals surface area (Å²) in [7, 11) is -0.578. The summed E-state index contributed by atoms with van der Waals surface area (Å²) in [6, 6.07) is 41.0. The second-order valence-electron chi connectivity index (χ2n) is 27.9. The quantitative estimate of drug-likeness (QED) is 0.0595. The molecule has 4 aromatic carbocycles. The molecule has 0 aliphatic carbocycles. The summed E-state index contributed by atoms with van der Waals surface area (Å²) in [4.78, 5) is 2.38. The number of halogens is 8. The Morgan fingerprint density at radius 1 is 0.500 bits per heavy atom. The molecule has 0 spiro atoms. The molecule has 3 fully saturated rings. The highest BCUT2D eigenvalue weighted by atomic mass is 35.8. The van der Waals surface area contributed by atoms with Gasteiger partial charge in [-0.25, -0.2) is 0 Å². The highest BCUT2D eigenvalue weighted by Crippen LogP contribution is 2.43. The van der Waals surface area contributed by atoms with Crippen molar-refractivity contribution in [3.63, 3.8) is 0 Å². The van der Waals surface area contributed by atoms with E-state index in [0.717, 1.165) is 22.3 Å². The van der Waals surface area contributed by atoms with Crippen molar-refractivity contribution in [1.82, 2.24) is 23.9 Å². The van der Waals surface area contributed by atoms with Crippen molar-refractivity contribution >= 4 is 120 Å². The highest BCUT2D eigenvalue weighted by molar-refractivity contribution is 7.62. The first-order chi connectivity index (χ1) is 42.4. The van der Waals surface area contributed by atoms with E-state index in [9.17, 15) is 5.11 Å². The SMILES string of the molecule is CC(C)(C)CO[Si](Cl)(Cl)Cl.CCN(CC)CC.CN[C@@H](C)[C@@H](O)c1ccccc1.C[C@H]1[C@H](c2ccccc2)O[Si@@](Cl)(OCC(C)(C)C)N1C.C[C@H]1[C@H](c2ccccc2)O[Si@](Cl)(OCC(C)(C)C)N1C.C[C@H]1[C@H](c2ccccc2)O[Si](Cl)(OCC(C)(C)C)N1C.ClCCl. The van der Waals surface area contributed by atoms with Crippen LogP contribution in [0.15, 0.2) is 121 Å². The van der Waals surface area contributed by atoms with Crippen LogP contribution in [0.25, 0.3) is 0 Å². The molecule has 92 heavy (non-hydrogen) atoms. The smallest absolute Gasteiger partial charge is 0.387 e. The predicted molar refractivity (Wildman–Crippen MR) is 402 cm³/mol. The molecule has 25 heteroatoms. The van der Waals surface area contributed by atoms with Crippen molar-refractivity contribution in [3.8, 4) is 0 Å². The van der Waals surface area contributed by atoms with Crippen LogP contribution in [-0.4, -0.2) is 158 Å². The van der Waals surface area contributed by atoms with Crippen LogP contribution in [0.1, 0.15) is 178 Å². The maximum absolute atomic E-state index is 9.73. The van der Waals surface area contributed by atoms with Gasteiger partial charge in [0.1, 0.15) is 0 Å². The van der Waals surface area contributed by atoms with Gasteiger partial charge in [0.05, 0.1) is 29.8 Å². The van der Waals surface area contributed by atoms with Crippen molar-refractivity contribution in [2.24, 2.45) is 21.7 Å². The van der Waals surface area contributed by atoms with Crippen LogP contribution in [0, 0.1) is 21.7 Å². The van der Waals surface area contributed by atoms with Crippen molar-refractivity contribution in [2.45, 2.75) is 180 Å². The van der Waals surface area contributed by atoms with E-state index < -0.39 is 36.4 Å². The van der Waals surface area contributed by atoms with E-state index >= 15 is 0 Å². The molecule has 4 aromatic rings. The molecule has 2 N–H and O–H groups in total. The fraction of sp³-hybridized carbons (Fsp3) is 0.642. The first-order valence-corrected chi connectivity index (χ1v) is 46.1. The Morgan fingerprint density at radius 3 is 0.924 bits per heavy atom.